The fraction of sp³-hybridized carbons (Fsp3) is 0.462. The number of anilines is 2. The summed E-state index contributed by atoms with van der Waals surface area (Å²) in [4.78, 5) is 22.5. The van der Waals surface area contributed by atoms with Crippen molar-refractivity contribution in [2.24, 2.45) is 0 Å². The number of halogens is 3. The number of hydrogen-bond donors (Lipinski definition) is 0. The van der Waals surface area contributed by atoms with Crippen LogP contribution in [0.5, 0.6) is 5.75 Å². The van der Waals surface area contributed by atoms with Crippen molar-refractivity contribution in [2.45, 2.75) is 61.9 Å². The minimum Gasteiger partial charge on any atom is -0.490 e. The number of amides is 1. The van der Waals surface area contributed by atoms with Gasteiger partial charge in [-0.1, -0.05) is 0 Å². The highest BCUT2D eigenvalue weighted by Crippen LogP contribution is 2.49. The number of nitrogens with zero attached hydrogens (tertiary/aromatic N) is 5. The van der Waals surface area contributed by atoms with E-state index >= 15 is 0 Å². The number of ether oxygens (including phenoxy) is 1. The Kier molecular flexibility index (Phi) is 5.30. The maximum atomic E-state index is 13.6. The van der Waals surface area contributed by atoms with Crippen molar-refractivity contribution < 1.29 is 22.7 Å². The van der Waals surface area contributed by atoms with Crippen molar-refractivity contribution in [3.8, 4) is 11.8 Å². The van der Waals surface area contributed by atoms with Crippen molar-refractivity contribution in [2.75, 3.05) is 23.4 Å². The van der Waals surface area contributed by atoms with Gasteiger partial charge in [-0.2, -0.15) is 18.4 Å². The van der Waals surface area contributed by atoms with Crippen molar-refractivity contribution in [1.29, 1.82) is 5.26 Å². The van der Waals surface area contributed by atoms with Gasteiger partial charge in [-0.05, 0) is 75.3 Å². The number of hydrogen-bond acceptors (Lipinski definition) is 6. The van der Waals surface area contributed by atoms with Crippen LogP contribution in [0.1, 0.15) is 49.8 Å². The van der Waals surface area contributed by atoms with E-state index in [4.69, 9.17) is 22.2 Å². The van der Waals surface area contributed by atoms with E-state index in [1.165, 1.54) is 12.5 Å². The monoisotopic (exact) mass is 527 g/mol. The third-order valence-corrected chi connectivity index (χ3v) is 8.84. The average Bonchev–Trinajstić information content (AvgIpc) is 3.06. The van der Waals surface area contributed by atoms with Crippen LogP contribution in [0.3, 0.4) is 0 Å². The van der Waals surface area contributed by atoms with Gasteiger partial charge >= 0.3 is 6.18 Å². The molecule has 11 heteroatoms. The van der Waals surface area contributed by atoms with E-state index in [2.05, 4.69) is 16.9 Å². The van der Waals surface area contributed by atoms with Gasteiger partial charge in [0.25, 0.3) is 5.91 Å². The molecule has 2 aliphatic heterocycles. The van der Waals surface area contributed by atoms with E-state index in [0.717, 1.165) is 48.7 Å². The Labute approximate surface area is 217 Å². The molecule has 1 amide bonds. The van der Waals surface area contributed by atoms with Gasteiger partial charge in [-0.15, -0.1) is 0 Å². The minimum absolute atomic E-state index is 0.0898. The third kappa shape index (κ3) is 3.53. The molecule has 0 atom stereocenters. The Morgan fingerprint density at radius 1 is 1.16 bits per heavy atom. The molecule has 192 valence electrons. The first-order valence-electron chi connectivity index (χ1n) is 12.2. The highest BCUT2D eigenvalue weighted by molar-refractivity contribution is 7.81. The molecule has 0 bridgehead atoms. The Morgan fingerprint density at radius 2 is 1.86 bits per heavy atom. The summed E-state index contributed by atoms with van der Waals surface area (Å²) in [6, 6.07) is 9.59. The second kappa shape index (κ2) is 8.13. The zero-order chi connectivity index (χ0) is 26.2. The number of carbonyl (C=O) groups is 1. The van der Waals surface area contributed by atoms with Gasteiger partial charge in [-0.25, -0.2) is 4.98 Å². The maximum Gasteiger partial charge on any atom is 0.419 e. The van der Waals surface area contributed by atoms with E-state index in [-0.39, 0.29) is 22.8 Å². The molecule has 1 aromatic carbocycles. The normalized spacial score (nSPS) is 26.6. The van der Waals surface area contributed by atoms with Crippen LogP contribution in [0, 0.1) is 11.3 Å². The smallest absolute Gasteiger partial charge is 0.419 e. The lowest BCUT2D eigenvalue weighted by atomic mass is 9.66. The number of benzene rings is 1. The topological polar surface area (TPSA) is 72.7 Å². The third-order valence-electron chi connectivity index (χ3n) is 8.47. The summed E-state index contributed by atoms with van der Waals surface area (Å²) in [7, 11) is 2.15. The molecule has 0 unspecified atom stereocenters. The molecule has 2 aromatic rings. The average molecular weight is 528 g/mol. The molecule has 2 spiro atoms. The fourth-order valence-electron chi connectivity index (χ4n) is 5.99. The highest BCUT2D eigenvalue weighted by atomic mass is 32.1. The molecular weight excluding hydrogens is 503 g/mol. The lowest BCUT2D eigenvalue weighted by molar-refractivity contribution is -0.138. The van der Waals surface area contributed by atoms with Crippen LogP contribution in [0.2, 0.25) is 0 Å². The summed E-state index contributed by atoms with van der Waals surface area (Å²) < 4.78 is 46.8. The Hall–Kier alpha value is -3.23. The first-order chi connectivity index (χ1) is 17.6. The molecular formula is C26H24F3N5O2S. The van der Waals surface area contributed by atoms with Gasteiger partial charge in [0.05, 0.1) is 17.4 Å². The van der Waals surface area contributed by atoms with Gasteiger partial charge in [0.1, 0.15) is 23.5 Å². The Balaban J connectivity index is 1.26. The summed E-state index contributed by atoms with van der Waals surface area (Å²) in [6.07, 6.45) is 1.56. The molecule has 37 heavy (non-hydrogen) atoms. The van der Waals surface area contributed by atoms with Crippen LogP contribution in [0.4, 0.5) is 24.5 Å². The lowest BCUT2D eigenvalue weighted by Crippen LogP contribution is -2.67. The Bertz CT molecular complexity index is 1330. The summed E-state index contributed by atoms with van der Waals surface area (Å²) in [5, 5.41) is 9.16. The van der Waals surface area contributed by atoms with Crippen molar-refractivity contribution in [1.82, 2.24) is 9.88 Å². The Morgan fingerprint density at radius 3 is 2.38 bits per heavy atom. The van der Waals surface area contributed by atoms with Crippen LogP contribution in [-0.4, -0.2) is 51.7 Å². The predicted molar refractivity (Wildman–Crippen MR) is 133 cm³/mol. The number of nitriles is 1. The van der Waals surface area contributed by atoms with Crippen molar-refractivity contribution in [3.05, 3.63) is 47.8 Å². The van der Waals surface area contributed by atoms with Crippen LogP contribution in [0.15, 0.2) is 36.5 Å². The zero-order valence-electron chi connectivity index (χ0n) is 20.1. The van der Waals surface area contributed by atoms with Crippen LogP contribution in [-0.2, 0) is 11.0 Å². The minimum atomic E-state index is -4.80. The number of carbonyl (C=O) groups excluding carboxylic acids is 1. The standard InChI is InChI=1S/C26H24F3N5O2S/c1-32-10-9-24(32)12-19(13-24)36-18-5-3-16(4-6-18)34-23(37)33(22(35)25(34)7-2-8-25)17-11-20(26(27,28)29)21(14-30)31-15-17/h3-6,11,15,19H,2,7-10,12-13H2,1H3. The van der Waals surface area contributed by atoms with Gasteiger partial charge in [-0.3, -0.25) is 9.69 Å². The van der Waals surface area contributed by atoms with Gasteiger partial charge in [0, 0.05) is 30.6 Å². The number of aromatic nitrogens is 1. The number of alkyl halides is 3. The van der Waals surface area contributed by atoms with E-state index in [1.54, 1.807) is 4.90 Å². The molecule has 2 aliphatic carbocycles. The fourth-order valence-corrected chi connectivity index (χ4v) is 6.46. The number of likely N-dealkylation sites (tertiary alicyclic amines) is 1. The number of pyridine rings is 1. The largest absolute Gasteiger partial charge is 0.490 e. The number of thiocarbonyl (C=S) groups is 1. The van der Waals surface area contributed by atoms with E-state index in [9.17, 15) is 18.0 Å². The van der Waals surface area contributed by atoms with Crippen molar-refractivity contribution >= 4 is 34.6 Å². The quantitative estimate of drug-likeness (QED) is 0.536. The van der Waals surface area contributed by atoms with Crippen molar-refractivity contribution in [3.63, 3.8) is 0 Å². The molecule has 2 saturated carbocycles. The molecule has 6 rings (SSSR count). The second-order valence-corrected chi connectivity index (χ2v) is 10.7. The summed E-state index contributed by atoms with van der Waals surface area (Å²) in [5.74, 6) is 0.348. The maximum absolute atomic E-state index is 13.6. The lowest BCUT2D eigenvalue weighted by Gasteiger charge is -2.59. The van der Waals surface area contributed by atoms with Crippen LogP contribution < -0.4 is 14.5 Å². The number of rotatable bonds is 4. The summed E-state index contributed by atoms with van der Waals surface area (Å²) in [6.45, 7) is 1.13. The van der Waals surface area contributed by atoms with Gasteiger partial charge in [0.2, 0.25) is 0 Å². The predicted octanol–water partition coefficient (Wildman–Crippen LogP) is 4.65. The highest BCUT2D eigenvalue weighted by Gasteiger charge is 2.60. The molecule has 7 nitrogen and oxygen atoms in total. The van der Waals surface area contributed by atoms with E-state index in [1.807, 2.05) is 24.3 Å². The van der Waals surface area contributed by atoms with E-state index in [0.29, 0.717) is 24.1 Å². The molecule has 2 saturated heterocycles. The zero-order valence-corrected chi connectivity index (χ0v) is 20.9. The molecule has 4 fully saturated rings. The van der Waals surface area contributed by atoms with E-state index < -0.39 is 23.0 Å². The molecule has 0 radical (unpaired) electrons. The van der Waals surface area contributed by atoms with Gasteiger partial charge < -0.3 is 14.5 Å². The first-order valence-corrected chi connectivity index (χ1v) is 12.6. The molecule has 3 heterocycles. The molecule has 0 N–H and O–H groups in total. The SMILES string of the molecule is CN1CCC12CC(Oc1ccc(N3C(=S)N(c4cnc(C#N)c(C(F)(F)F)c4)C(=O)C34CCC4)cc1)C2. The van der Waals surface area contributed by atoms with Crippen LogP contribution in [0.25, 0.3) is 0 Å². The molecule has 1 aromatic heterocycles. The summed E-state index contributed by atoms with van der Waals surface area (Å²) >= 11 is 5.66. The van der Waals surface area contributed by atoms with Gasteiger partial charge in [0.15, 0.2) is 10.8 Å². The van der Waals surface area contributed by atoms with Crippen LogP contribution >= 0.6 is 12.2 Å². The molecule has 4 aliphatic rings. The summed E-state index contributed by atoms with van der Waals surface area (Å²) in [5.41, 5.74) is -2.01. The second-order valence-electron chi connectivity index (χ2n) is 10.4. The first kappa shape index (κ1) is 24.1.